The first-order valence-electron chi connectivity index (χ1n) is 6.24. The minimum absolute atomic E-state index is 0.0362. The van der Waals surface area contributed by atoms with Gasteiger partial charge < -0.3 is 5.32 Å². The van der Waals surface area contributed by atoms with Gasteiger partial charge in [-0.2, -0.15) is 5.10 Å². The van der Waals surface area contributed by atoms with E-state index in [0.717, 1.165) is 35.4 Å². The minimum atomic E-state index is 0.0362. The molecule has 2 aromatic rings. The van der Waals surface area contributed by atoms with Gasteiger partial charge in [0.25, 0.3) is 0 Å². The molecule has 0 fully saturated rings. The van der Waals surface area contributed by atoms with Crippen LogP contribution in [-0.4, -0.2) is 38.0 Å². The van der Waals surface area contributed by atoms with Crippen molar-refractivity contribution in [2.24, 2.45) is 7.05 Å². The zero-order valence-corrected chi connectivity index (χ0v) is 11.9. The summed E-state index contributed by atoms with van der Waals surface area (Å²) in [5.74, 6) is 0.402. The quantitative estimate of drug-likeness (QED) is 0.491. The van der Waals surface area contributed by atoms with Crippen LogP contribution in [0.5, 0.6) is 0 Å². The number of aryl methyl sites for hydroxylation is 1. The van der Waals surface area contributed by atoms with Crippen LogP contribution in [0, 0.1) is 0 Å². The third-order valence-corrected chi connectivity index (χ3v) is 3.69. The highest BCUT2D eigenvalue weighted by Gasteiger charge is 2.10. The first kappa shape index (κ1) is 13.8. The molecule has 0 spiro atoms. The second-order valence-corrected chi connectivity index (χ2v) is 5.14. The van der Waals surface area contributed by atoms with Crippen molar-refractivity contribution in [1.82, 2.24) is 25.1 Å². The SMILES string of the molecule is CCCCNC(=O)CSc1ncnc2c1cnn2C. The Morgan fingerprint density at radius 2 is 2.32 bits per heavy atom. The van der Waals surface area contributed by atoms with Gasteiger partial charge in [0.2, 0.25) is 5.91 Å². The maximum atomic E-state index is 11.6. The smallest absolute Gasteiger partial charge is 0.230 e. The number of carbonyl (C=O) groups excluding carboxylic acids is 1. The molecule has 0 saturated heterocycles. The molecule has 2 heterocycles. The molecule has 19 heavy (non-hydrogen) atoms. The third-order valence-electron chi connectivity index (χ3n) is 2.69. The molecule has 0 radical (unpaired) electrons. The number of aromatic nitrogens is 4. The molecule has 6 nitrogen and oxygen atoms in total. The molecule has 7 heteroatoms. The number of nitrogens with one attached hydrogen (secondary N) is 1. The Balaban J connectivity index is 1.96. The van der Waals surface area contributed by atoms with Crippen molar-refractivity contribution in [2.75, 3.05) is 12.3 Å². The van der Waals surface area contributed by atoms with Crippen molar-refractivity contribution in [3.8, 4) is 0 Å². The number of unbranched alkanes of at least 4 members (excludes halogenated alkanes) is 1. The van der Waals surface area contributed by atoms with Gasteiger partial charge in [-0.3, -0.25) is 9.48 Å². The highest BCUT2D eigenvalue weighted by Crippen LogP contribution is 2.23. The summed E-state index contributed by atoms with van der Waals surface area (Å²) in [5, 5.41) is 8.71. The maximum absolute atomic E-state index is 11.6. The normalized spacial score (nSPS) is 10.8. The van der Waals surface area contributed by atoms with Crippen molar-refractivity contribution in [2.45, 2.75) is 24.8 Å². The number of thioether (sulfide) groups is 1. The molecular formula is C12H17N5OS. The predicted molar refractivity (Wildman–Crippen MR) is 74.9 cm³/mol. The number of fused-ring (bicyclic) bond motifs is 1. The van der Waals surface area contributed by atoms with Gasteiger partial charge in [0, 0.05) is 13.6 Å². The summed E-state index contributed by atoms with van der Waals surface area (Å²) < 4.78 is 1.70. The Labute approximate surface area is 116 Å². The molecule has 0 aliphatic heterocycles. The molecule has 2 rings (SSSR count). The van der Waals surface area contributed by atoms with E-state index in [2.05, 4.69) is 27.3 Å². The van der Waals surface area contributed by atoms with Crippen LogP contribution >= 0.6 is 11.8 Å². The summed E-state index contributed by atoms with van der Waals surface area (Å²) >= 11 is 1.41. The molecule has 0 aromatic carbocycles. The van der Waals surface area contributed by atoms with E-state index >= 15 is 0 Å². The second kappa shape index (κ2) is 6.51. The van der Waals surface area contributed by atoms with Gasteiger partial charge in [0.05, 0.1) is 17.3 Å². The Hall–Kier alpha value is -1.63. The average Bonchev–Trinajstić information content (AvgIpc) is 2.79. The van der Waals surface area contributed by atoms with Crippen LogP contribution in [0.3, 0.4) is 0 Å². The van der Waals surface area contributed by atoms with Crippen molar-refractivity contribution in [1.29, 1.82) is 0 Å². The van der Waals surface area contributed by atoms with E-state index in [4.69, 9.17) is 0 Å². The Kier molecular flexibility index (Phi) is 4.73. The minimum Gasteiger partial charge on any atom is -0.355 e. The van der Waals surface area contributed by atoms with E-state index in [1.54, 1.807) is 10.9 Å². The summed E-state index contributed by atoms with van der Waals surface area (Å²) in [7, 11) is 1.83. The van der Waals surface area contributed by atoms with Crippen LogP contribution in [0.2, 0.25) is 0 Å². The number of hydrogen-bond donors (Lipinski definition) is 1. The maximum Gasteiger partial charge on any atom is 0.230 e. The third kappa shape index (κ3) is 3.44. The molecule has 0 aliphatic carbocycles. The highest BCUT2D eigenvalue weighted by atomic mass is 32.2. The number of carbonyl (C=O) groups is 1. The lowest BCUT2D eigenvalue weighted by atomic mass is 10.3. The monoisotopic (exact) mass is 279 g/mol. The molecule has 0 saturated carbocycles. The fourth-order valence-electron chi connectivity index (χ4n) is 1.65. The zero-order valence-electron chi connectivity index (χ0n) is 11.1. The van der Waals surface area contributed by atoms with Gasteiger partial charge in [-0.05, 0) is 6.42 Å². The van der Waals surface area contributed by atoms with Gasteiger partial charge in [0.15, 0.2) is 5.65 Å². The molecule has 102 valence electrons. The first-order valence-corrected chi connectivity index (χ1v) is 7.23. The van der Waals surface area contributed by atoms with Crippen LogP contribution in [0.1, 0.15) is 19.8 Å². The number of rotatable bonds is 6. The van der Waals surface area contributed by atoms with Gasteiger partial charge in [-0.25, -0.2) is 9.97 Å². The largest absolute Gasteiger partial charge is 0.355 e. The van der Waals surface area contributed by atoms with Crippen LogP contribution in [0.15, 0.2) is 17.6 Å². The van der Waals surface area contributed by atoms with Crippen molar-refractivity contribution in [3.05, 3.63) is 12.5 Å². The summed E-state index contributed by atoms with van der Waals surface area (Å²) in [5.41, 5.74) is 0.781. The number of amides is 1. The van der Waals surface area contributed by atoms with Crippen LogP contribution in [0.25, 0.3) is 11.0 Å². The lowest BCUT2D eigenvalue weighted by Gasteiger charge is -2.04. The molecule has 0 bridgehead atoms. The van der Waals surface area contributed by atoms with Crippen molar-refractivity contribution in [3.63, 3.8) is 0 Å². The summed E-state index contributed by atoms with van der Waals surface area (Å²) in [6.45, 7) is 2.84. The van der Waals surface area contributed by atoms with E-state index < -0.39 is 0 Å². The lowest BCUT2D eigenvalue weighted by Crippen LogP contribution is -2.26. The van der Waals surface area contributed by atoms with E-state index in [1.165, 1.54) is 18.1 Å². The molecule has 2 aromatic heterocycles. The Morgan fingerprint density at radius 1 is 1.47 bits per heavy atom. The van der Waals surface area contributed by atoms with E-state index in [0.29, 0.717) is 5.75 Å². The Bertz CT molecular complexity index is 568. The fourth-order valence-corrected chi connectivity index (χ4v) is 2.44. The number of nitrogens with zero attached hydrogens (tertiary/aromatic N) is 4. The first-order chi connectivity index (χ1) is 9.22. The van der Waals surface area contributed by atoms with Crippen molar-refractivity contribution < 1.29 is 4.79 Å². The lowest BCUT2D eigenvalue weighted by molar-refractivity contribution is -0.118. The van der Waals surface area contributed by atoms with E-state index in [1.807, 2.05) is 7.05 Å². The van der Waals surface area contributed by atoms with Crippen LogP contribution in [-0.2, 0) is 11.8 Å². The summed E-state index contributed by atoms with van der Waals surface area (Å²) in [4.78, 5) is 20.0. The molecule has 1 amide bonds. The zero-order chi connectivity index (χ0) is 13.7. The number of hydrogen-bond acceptors (Lipinski definition) is 5. The topological polar surface area (TPSA) is 72.7 Å². The molecule has 1 N–H and O–H groups in total. The van der Waals surface area contributed by atoms with E-state index in [-0.39, 0.29) is 5.91 Å². The van der Waals surface area contributed by atoms with E-state index in [9.17, 15) is 4.79 Å². The molecule has 0 aliphatic rings. The van der Waals surface area contributed by atoms with Gasteiger partial charge >= 0.3 is 0 Å². The van der Waals surface area contributed by atoms with Gasteiger partial charge in [-0.15, -0.1) is 0 Å². The molecular weight excluding hydrogens is 262 g/mol. The van der Waals surface area contributed by atoms with Crippen LogP contribution < -0.4 is 5.32 Å². The predicted octanol–water partition coefficient (Wildman–Crippen LogP) is 1.37. The highest BCUT2D eigenvalue weighted by molar-refractivity contribution is 8.00. The standard InChI is InChI=1S/C12H17N5OS/c1-3-4-5-13-10(18)7-19-12-9-6-16-17(2)11(9)14-8-15-12/h6,8H,3-5,7H2,1-2H3,(H,13,18). The fraction of sp³-hybridized carbons (Fsp3) is 0.500. The summed E-state index contributed by atoms with van der Waals surface area (Å²) in [6.07, 6.45) is 5.32. The van der Waals surface area contributed by atoms with Gasteiger partial charge in [-0.1, -0.05) is 25.1 Å². The summed E-state index contributed by atoms with van der Waals surface area (Å²) in [6, 6.07) is 0. The second-order valence-electron chi connectivity index (χ2n) is 4.18. The Morgan fingerprint density at radius 3 is 3.11 bits per heavy atom. The van der Waals surface area contributed by atoms with Gasteiger partial charge in [0.1, 0.15) is 11.4 Å². The molecule has 0 atom stereocenters. The average molecular weight is 279 g/mol. The van der Waals surface area contributed by atoms with Crippen molar-refractivity contribution >= 4 is 28.7 Å². The molecule has 0 unspecified atom stereocenters. The van der Waals surface area contributed by atoms with Crippen LogP contribution in [0.4, 0.5) is 0 Å².